The highest BCUT2D eigenvalue weighted by Gasteiger charge is 2.38. The predicted molar refractivity (Wildman–Crippen MR) is 120 cm³/mol. The lowest BCUT2D eigenvalue weighted by Crippen LogP contribution is -2.45. The van der Waals surface area contributed by atoms with Gasteiger partial charge in [0.15, 0.2) is 0 Å². The molecule has 2 saturated heterocycles. The highest BCUT2D eigenvalue weighted by Crippen LogP contribution is 2.32. The van der Waals surface area contributed by atoms with Crippen LogP contribution in [0.4, 0.5) is 5.69 Å². The lowest BCUT2D eigenvalue weighted by molar-refractivity contribution is -0.384. The van der Waals surface area contributed by atoms with Crippen LogP contribution in [0.1, 0.15) is 37.1 Å². The minimum Gasteiger partial charge on any atom is -0.338 e. The summed E-state index contributed by atoms with van der Waals surface area (Å²) >= 11 is 0. The Labute approximate surface area is 187 Å². The number of nitro benzene ring substituents is 1. The zero-order valence-corrected chi connectivity index (χ0v) is 18.0. The van der Waals surface area contributed by atoms with Gasteiger partial charge in [-0.25, -0.2) is 0 Å². The van der Waals surface area contributed by atoms with Crippen molar-refractivity contribution in [2.24, 2.45) is 0 Å². The molecule has 3 heterocycles. The number of rotatable bonds is 7. The van der Waals surface area contributed by atoms with Gasteiger partial charge in [0.05, 0.1) is 11.5 Å². The van der Waals surface area contributed by atoms with E-state index in [-0.39, 0.29) is 5.69 Å². The number of nitrogens with zero attached hydrogens (tertiary/aromatic N) is 5. The molecule has 2 aliphatic heterocycles. The Kier molecular flexibility index (Phi) is 5.96. The van der Waals surface area contributed by atoms with Crippen molar-refractivity contribution in [1.29, 1.82) is 0 Å². The molecule has 3 aromatic rings. The van der Waals surface area contributed by atoms with Gasteiger partial charge in [0.2, 0.25) is 11.7 Å². The fraction of sp³-hybridized carbons (Fsp3) is 0.417. The van der Waals surface area contributed by atoms with Gasteiger partial charge in [-0.05, 0) is 44.3 Å². The van der Waals surface area contributed by atoms with Crippen molar-refractivity contribution >= 4 is 5.69 Å². The fourth-order valence-corrected chi connectivity index (χ4v) is 5.15. The van der Waals surface area contributed by atoms with Crippen LogP contribution in [0.2, 0.25) is 0 Å². The third-order valence-corrected chi connectivity index (χ3v) is 6.62. The molecule has 0 N–H and O–H groups in total. The maximum Gasteiger partial charge on any atom is 0.270 e. The highest BCUT2D eigenvalue weighted by atomic mass is 16.6. The monoisotopic (exact) mass is 433 g/mol. The second kappa shape index (κ2) is 9.18. The molecule has 0 unspecified atom stereocenters. The number of hydrogen-bond donors (Lipinski definition) is 0. The molecular formula is C24H27N5O3. The van der Waals surface area contributed by atoms with E-state index < -0.39 is 4.92 Å². The third-order valence-electron chi connectivity index (χ3n) is 6.62. The van der Waals surface area contributed by atoms with Crippen molar-refractivity contribution in [3.05, 3.63) is 76.2 Å². The maximum absolute atomic E-state index is 11.1. The zero-order chi connectivity index (χ0) is 21.9. The molecule has 0 aliphatic carbocycles. The largest absolute Gasteiger partial charge is 0.338 e. The first-order valence-corrected chi connectivity index (χ1v) is 11.3. The smallest absolute Gasteiger partial charge is 0.270 e. The van der Waals surface area contributed by atoms with Gasteiger partial charge < -0.3 is 4.52 Å². The van der Waals surface area contributed by atoms with E-state index in [9.17, 15) is 10.1 Å². The number of hydrogen-bond acceptors (Lipinski definition) is 7. The molecule has 8 nitrogen and oxygen atoms in total. The topological polar surface area (TPSA) is 88.5 Å². The van der Waals surface area contributed by atoms with Crippen molar-refractivity contribution in [1.82, 2.24) is 19.9 Å². The van der Waals surface area contributed by atoms with Crippen LogP contribution in [0.25, 0.3) is 11.4 Å². The van der Waals surface area contributed by atoms with Crippen LogP contribution in [-0.2, 0) is 13.1 Å². The molecule has 2 aliphatic rings. The van der Waals surface area contributed by atoms with E-state index in [1.54, 1.807) is 12.1 Å². The Bertz CT molecular complexity index is 1070. The van der Waals surface area contributed by atoms with E-state index in [1.165, 1.54) is 43.4 Å². The van der Waals surface area contributed by atoms with Gasteiger partial charge in [-0.2, -0.15) is 4.98 Å². The molecule has 5 rings (SSSR count). The lowest BCUT2D eigenvalue weighted by Gasteiger charge is -2.34. The summed E-state index contributed by atoms with van der Waals surface area (Å²) in [4.78, 5) is 20.3. The maximum atomic E-state index is 11.1. The van der Waals surface area contributed by atoms with E-state index in [0.29, 0.717) is 35.9 Å². The summed E-state index contributed by atoms with van der Waals surface area (Å²) in [5.41, 5.74) is 1.98. The van der Waals surface area contributed by atoms with Gasteiger partial charge in [0.25, 0.3) is 5.69 Å². The molecule has 166 valence electrons. The number of non-ortho nitro benzene ring substituents is 1. The molecule has 1 aromatic heterocycles. The van der Waals surface area contributed by atoms with E-state index in [1.807, 2.05) is 0 Å². The average molecular weight is 434 g/mol. The molecule has 0 bridgehead atoms. The van der Waals surface area contributed by atoms with Crippen LogP contribution >= 0.6 is 0 Å². The molecule has 0 radical (unpaired) electrons. The van der Waals surface area contributed by atoms with Gasteiger partial charge in [-0.15, -0.1) is 0 Å². The van der Waals surface area contributed by atoms with Crippen molar-refractivity contribution in [2.75, 3.05) is 13.1 Å². The van der Waals surface area contributed by atoms with Crippen molar-refractivity contribution in [3.8, 4) is 11.4 Å². The van der Waals surface area contributed by atoms with Crippen LogP contribution in [0.3, 0.4) is 0 Å². The Morgan fingerprint density at radius 3 is 2.41 bits per heavy atom. The van der Waals surface area contributed by atoms with Crippen LogP contribution in [0.15, 0.2) is 59.1 Å². The quantitative estimate of drug-likeness (QED) is 0.406. The number of likely N-dealkylation sites (tertiary alicyclic amines) is 2. The van der Waals surface area contributed by atoms with Crippen LogP contribution < -0.4 is 0 Å². The standard InChI is InChI=1S/C24H27N5O3/c30-29(31)20-10-4-9-19(15-20)24-25-23(32-26-24)17-28-14-6-12-22(28)21-11-5-13-27(21)16-18-7-2-1-3-8-18/h1-4,7-10,15,21-22H,5-6,11-14,16-17H2/t21-,22-/m1/s1. The van der Waals surface area contributed by atoms with Crippen LogP contribution in [-0.4, -0.2) is 50.0 Å². The predicted octanol–water partition coefficient (Wildman–Crippen LogP) is 4.27. The van der Waals surface area contributed by atoms with Gasteiger partial charge in [0.1, 0.15) is 0 Å². The molecule has 0 amide bonds. The van der Waals surface area contributed by atoms with Crippen LogP contribution in [0, 0.1) is 10.1 Å². The summed E-state index contributed by atoms with van der Waals surface area (Å²) in [6, 6.07) is 18.1. The Morgan fingerprint density at radius 2 is 1.69 bits per heavy atom. The molecular weight excluding hydrogens is 406 g/mol. The SMILES string of the molecule is O=[N+]([O-])c1cccc(-c2noc(CN3CCC[C@@H]3[C@H]3CCCN3Cc3ccccc3)n2)c1. The zero-order valence-electron chi connectivity index (χ0n) is 18.0. The van der Waals surface area contributed by atoms with Crippen molar-refractivity contribution in [2.45, 2.75) is 50.9 Å². The molecule has 0 saturated carbocycles. The summed E-state index contributed by atoms with van der Waals surface area (Å²) in [6.45, 7) is 3.77. The minimum absolute atomic E-state index is 0.0215. The molecule has 32 heavy (non-hydrogen) atoms. The summed E-state index contributed by atoms with van der Waals surface area (Å²) in [7, 11) is 0. The summed E-state index contributed by atoms with van der Waals surface area (Å²) in [5, 5.41) is 15.1. The van der Waals surface area contributed by atoms with E-state index in [0.717, 1.165) is 19.6 Å². The summed E-state index contributed by atoms with van der Waals surface area (Å²) in [6.07, 6.45) is 4.81. The summed E-state index contributed by atoms with van der Waals surface area (Å²) < 4.78 is 5.53. The van der Waals surface area contributed by atoms with Gasteiger partial charge in [-0.1, -0.05) is 47.6 Å². The number of nitro groups is 1. The highest BCUT2D eigenvalue weighted by molar-refractivity contribution is 5.58. The average Bonchev–Trinajstić information content (AvgIpc) is 3.56. The second-order valence-corrected chi connectivity index (χ2v) is 8.66. The van der Waals surface area contributed by atoms with E-state index in [4.69, 9.17) is 4.52 Å². The Balaban J connectivity index is 1.27. The second-order valence-electron chi connectivity index (χ2n) is 8.66. The Hall–Kier alpha value is -3.10. The first kappa shape index (κ1) is 20.8. The Morgan fingerprint density at radius 1 is 0.969 bits per heavy atom. The molecule has 2 fully saturated rings. The molecule has 0 spiro atoms. The first-order valence-electron chi connectivity index (χ1n) is 11.3. The molecule has 8 heteroatoms. The minimum atomic E-state index is -0.415. The van der Waals surface area contributed by atoms with Gasteiger partial charge in [-0.3, -0.25) is 19.9 Å². The molecule has 2 atom stereocenters. The van der Waals surface area contributed by atoms with Crippen LogP contribution in [0.5, 0.6) is 0 Å². The van der Waals surface area contributed by atoms with Crippen molar-refractivity contribution < 1.29 is 9.45 Å². The van der Waals surface area contributed by atoms with Crippen molar-refractivity contribution in [3.63, 3.8) is 0 Å². The fourth-order valence-electron chi connectivity index (χ4n) is 5.15. The summed E-state index contributed by atoms with van der Waals surface area (Å²) in [5.74, 6) is 0.956. The molecule has 2 aromatic carbocycles. The number of aromatic nitrogens is 2. The normalized spacial score (nSPS) is 21.9. The third kappa shape index (κ3) is 4.42. The van der Waals surface area contributed by atoms with Gasteiger partial charge in [0, 0.05) is 36.3 Å². The van der Waals surface area contributed by atoms with E-state index >= 15 is 0 Å². The lowest BCUT2D eigenvalue weighted by atomic mass is 10.0. The number of benzene rings is 2. The van der Waals surface area contributed by atoms with E-state index in [2.05, 4.69) is 50.3 Å². The van der Waals surface area contributed by atoms with Gasteiger partial charge >= 0.3 is 0 Å². The first-order chi connectivity index (χ1) is 15.7.